The van der Waals surface area contributed by atoms with E-state index in [1.807, 2.05) is 26.8 Å². The fourth-order valence-corrected chi connectivity index (χ4v) is 4.30. The maximum Gasteiger partial charge on any atom is 0.408 e. The van der Waals surface area contributed by atoms with Crippen LogP contribution < -0.4 is 10.6 Å². The minimum absolute atomic E-state index is 0.0917. The Bertz CT molecular complexity index is 1090. The summed E-state index contributed by atoms with van der Waals surface area (Å²) in [6.45, 7) is 13.5. The van der Waals surface area contributed by atoms with Gasteiger partial charge < -0.3 is 29.8 Å². The van der Waals surface area contributed by atoms with E-state index in [-0.39, 0.29) is 17.9 Å². The molecule has 2 heterocycles. The Hall–Kier alpha value is -3.05. The Morgan fingerprint density at radius 3 is 2.64 bits per heavy atom. The van der Waals surface area contributed by atoms with Crippen LogP contribution in [-0.4, -0.2) is 68.6 Å². The van der Waals surface area contributed by atoms with Crippen molar-refractivity contribution in [2.75, 3.05) is 25.0 Å². The maximum atomic E-state index is 12.2. The molecule has 0 unspecified atom stereocenters. The van der Waals surface area contributed by atoms with E-state index in [1.54, 1.807) is 26.8 Å². The Morgan fingerprint density at radius 1 is 1.31 bits per heavy atom. The van der Waals surface area contributed by atoms with Crippen LogP contribution in [0.1, 0.15) is 64.1 Å². The zero-order chi connectivity index (χ0) is 26.6. The lowest BCUT2D eigenvalue weighted by atomic mass is 10.0. The average Bonchev–Trinajstić information content (AvgIpc) is 3.22. The second-order valence-electron chi connectivity index (χ2n) is 9.98. The van der Waals surface area contributed by atoms with Crippen LogP contribution in [-0.2, 0) is 11.3 Å². The molecule has 1 aliphatic heterocycles. The summed E-state index contributed by atoms with van der Waals surface area (Å²) < 4.78 is 11.1. The summed E-state index contributed by atoms with van der Waals surface area (Å²) in [7, 11) is 0. The number of halogens is 1. The van der Waals surface area contributed by atoms with E-state index in [2.05, 4.69) is 25.7 Å². The SMILES string of the molecule is CC[C@H](NC(=O)OC(C)(C)C)c1nnc(Nc2cc(Cl)cc(CN3CCN(C(=O)O)[C@@H](C)C3)c2C)o1. The predicted octanol–water partition coefficient (Wildman–Crippen LogP) is 4.93. The van der Waals surface area contributed by atoms with Gasteiger partial charge in [0.15, 0.2) is 0 Å². The molecule has 198 valence electrons. The minimum Gasteiger partial charge on any atom is -0.465 e. The summed E-state index contributed by atoms with van der Waals surface area (Å²) >= 11 is 6.41. The van der Waals surface area contributed by atoms with E-state index >= 15 is 0 Å². The van der Waals surface area contributed by atoms with Crippen LogP contribution in [0.2, 0.25) is 5.02 Å². The van der Waals surface area contributed by atoms with E-state index in [1.165, 1.54) is 4.90 Å². The van der Waals surface area contributed by atoms with Gasteiger partial charge in [-0.05, 0) is 64.3 Å². The molecule has 36 heavy (non-hydrogen) atoms. The third kappa shape index (κ3) is 7.23. The zero-order valence-electron chi connectivity index (χ0n) is 21.6. The fraction of sp³-hybridized carbons (Fsp3) is 0.583. The summed E-state index contributed by atoms with van der Waals surface area (Å²) in [6.07, 6.45) is -0.914. The van der Waals surface area contributed by atoms with Crippen molar-refractivity contribution in [1.82, 2.24) is 25.3 Å². The van der Waals surface area contributed by atoms with E-state index in [4.69, 9.17) is 20.8 Å². The summed E-state index contributed by atoms with van der Waals surface area (Å²) in [6, 6.07) is 3.28. The van der Waals surface area contributed by atoms with Crippen LogP contribution in [0.4, 0.5) is 21.3 Å². The molecule has 11 nitrogen and oxygen atoms in total. The zero-order valence-corrected chi connectivity index (χ0v) is 22.3. The second kappa shape index (κ2) is 11.3. The Morgan fingerprint density at radius 2 is 2.03 bits per heavy atom. The summed E-state index contributed by atoms with van der Waals surface area (Å²) in [5.74, 6) is 0.260. The first kappa shape index (κ1) is 27.5. The van der Waals surface area contributed by atoms with Gasteiger partial charge in [0.05, 0.1) is 0 Å². The smallest absolute Gasteiger partial charge is 0.408 e. The summed E-state index contributed by atoms with van der Waals surface area (Å²) in [5.41, 5.74) is 2.08. The number of carbonyl (C=O) groups is 2. The van der Waals surface area contributed by atoms with Gasteiger partial charge in [-0.1, -0.05) is 23.6 Å². The maximum absolute atomic E-state index is 12.2. The number of piperazine rings is 1. The van der Waals surface area contributed by atoms with Crippen LogP contribution >= 0.6 is 11.6 Å². The van der Waals surface area contributed by atoms with Crippen molar-refractivity contribution in [3.05, 3.63) is 34.2 Å². The topological polar surface area (TPSA) is 133 Å². The molecule has 1 aromatic heterocycles. The van der Waals surface area contributed by atoms with Crippen LogP contribution in [0.3, 0.4) is 0 Å². The van der Waals surface area contributed by atoms with Gasteiger partial charge in [-0.3, -0.25) is 4.90 Å². The molecule has 2 amide bonds. The highest BCUT2D eigenvalue weighted by Gasteiger charge is 2.28. The Balaban J connectivity index is 1.70. The van der Waals surface area contributed by atoms with Crippen molar-refractivity contribution < 1.29 is 23.8 Å². The highest BCUT2D eigenvalue weighted by molar-refractivity contribution is 6.31. The average molecular weight is 523 g/mol. The first-order valence-corrected chi connectivity index (χ1v) is 12.3. The lowest BCUT2D eigenvalue weighted by Crippen LogP contribution is -2.53. The first-order chi connectivity index (χ1) is 16.9. The number of aromatic nitrogens is 2. The molecule has 0 aliphatic carbocycles. The number of anilines is 2. The van der Waals surface area contributed by atoms with Gasteiger partial charge in [0, 0.05) is 42.9 Å². The quantitative estimate of drug-likeness (QED) is 0.462. The molecule has 2 aromatic rings. The van der Waals surface area contributed by atoms with Crippen molar-refractivity contribution in [3.8, 4) is 0 Å². The number of rotatable bonds is 7. The Kier molecular flexibility index (Phi) is 8.67. The number of benzene rings is 1. The fourth-order valence-electron chi connectivity index (χ4n) is 4.06. The van der Waals surface area contributed by atoms with Gasteiger partial charge in [-0.15, -0.1) is 5.10 Å². The van der Waals surface area contributed by atoms with Crippen LogP contribution in [0.15, 0.2) is 16.5 Å². The molecule has 1 aliphatic rings. The molecule has 0 spiro atoms. The number of ether oxygens (including phenoxy) is 1. The van der Waals surface area contributed by atoms with Gasteiger partial charge in [0.25, 0.3) is 0 Å². The van der Waals surface area contributed by atoms with Gasteiger partial charge in [0.2, 0.25) is 5.89 Å². The van der Waals surface area contributed by atoms with Gasteiger partial charge in [-0.25, -0.2) is 9.59 Å². The number of alkyl carbamates (subject to hydrolysis) is 1. The standard InChI is InChI=1S/C24H35ClN6O5/c1-7-18(27-22(32)36-24(4,5)6)20-28-29-21(35-20)26-19-11-17(25)10-16(15(19)3)13-30-8-9-31(23(33)34)14(2)12-30/h10-11,14,18H,7-9,12-13H2,1-6H3,(H,26,29)(H,27,32)(H,33,34)/t14-,18-/m0/s1. The van der Waals surface area contributed by atoms with Crippen molar-refractivity contribution >= 4 is 35.5 Å². The highest BCUT2D eigenvalue weighted by Crippen LogP contribution is 2.29. The van der Waals surface area contributed by atoms with Crippen molar-refractivity contribution in [3.63, 3.8) is 0 Å². The van der Waals surface area contributed by atoms with Crippen molar-refractivity contribution in [2.45, 2.75) is 72.2 Å². The number of carboxylic acid groups (broad SMARTS) is 1. The predicted molar refractivity (Wildman–Crippen MR) is 136 cm³/mol. The largest absolute Gasteiger partial charge is 0.465 e. The van der Waals surface area contributed by atoms with Crippen molar-refractivity contribution in [2.24, 2.45) is 0 Å². The molecule has 1 aromatic carbocycles. The summed E-state index contributed by atoms with van der Waals surface area (Å²) in [4.78, 5) is 27.2. The van der Waals surface area contributed by atoms with Crippen LogP contribution in [0, 0.1) is 6.92 Å². The minimum atomic E-state index is -0.891. The number of nitrogens with one attached hydrogen (secondary N) is 2. The molecule has 3 N–H and O–H groups in total. The molecule has 12 heteroatoms. The molecule has 2 atom stereocenters. The van der Waals surface area contributed by atoms with Gasteiger partial charge >= 0.3 is 18.2 Å². The lowest BCUT2D eigenvalue weighted by Gasteiger charge is -2.38. The number of nitrogens with zero attached hydrogens (tertiary/aromatic N) is 4. The molecule has 0 bridgehead atoms. The van der Waals surface area contributed by atoms with E-state index in [0.717, 1.165) is 16.8 Å². The van der Waals surface area contributed by atoms with Crippen LogP contribution in [0.5, 0.6) is 0 Å². The lowest BCUT2D eigenvalue weighted by molar-refractivity contribution is 0.0494. The highest BCUT2D eigenvalue weighted by atomic mass is 35.5. The normalized spacial score (nSPS) is 17.5. The molecule has 1 saturated heterocycles. The summed E-state index contributed by atoms with van der Waals surface area (Å²) in [5, 5.41) is 23.9. The van der Waals surface area contributed by atoms with Gasteiger partial charge in [-0.2, -0.15) is 0 Å². The van der Waals surface area contributed by atoms with Gasteiger partial charge in [0.1, 0.15) is 11.6 Å². The number of carbonyl (C=O) groups excluding carboxylic acids is 1. The number of hydrogen-bond donors (Lipinski definition) is 3. The van der Waals surface area contributed by atoms with E-state index < -0.39 is 23.8 Å². The third-order valence-corrected chi connectivity index (χ3v) is 6.13. The molecular weight excluding hydrogens is 488 g/mol. The van der Waals surface area contributed by atoms with E-state index in [0.29, 0.717) is 37.6 Å². The van der Waals surface area contributed by atoms with Crippen molar-refractivity contribution in [1.29, 1.82) is 0 Å². The molecule has 3 rings (SSSR count). The Labute approximate surface area is 216 Å². The number of hydrogen-bond acceptors (Lipinski definition) is 8. The molecule has 0 radical (unpaired) electrons. The van der Waals surface area contributed by atoms with Crippen LogP contribution in [0.25, 0.3) is 0 Å². The number of amides is 2. The monoisotopic (exact) mass is 522 g/mol. The van der Waals surface area contributed by atoms with E-state index in [9.17, 15) is 14.7 Å². The second-order valence-corrected chi connectivity index (χ2v) is 10.4. The molecule has 0 saturated carbocycles. The molecular formula is C24H35ClN6O5. The first-order valence-electron chi connectivity index (χ1n) is 12.0. The third-order valence-electron chi connectivity index (χ3n) is 5.91. The molecule has 1 fully saturated rings.